The predicted octanol–water partition coefficient (Wildman–Crippen LogP) is 3.53. The zero-order valence-corrected chi connectivity index (χ0v) is 14.6. The number of halogens is 1. The first-order chi connectivity index (χ1) is 11.9. The Kier molecular flexibility index (Phi) is 4.61. The summed E-state index contributed by atoms with van der Waals surface area (Å²) >= 11 is 0. The van der Waals surface area contributed by atoms with Crippen molar-refractivity contribution in [3.8, 4) is 17.0 Å². The van der Waals surface area contributed by atoms with E-state index in [1.165, 1.54) is 12.1 Å². The first kappa shape index (κ1) is 17.2. The van der Waals surface area contributed by atoms with Gasteiger partial charge in [-0.05, 0) is 36.8 Å². The number of nitrogens with zero attached hydrogens (tertiary/aromatic N) is 1. The first-order valence-corrected chi connectivity index (χ1v) is 9.54. The van der Waals surface area contributed by atoms with Crippen molar-refractivity contribution in [1.29, 1.82) is 0 Å². The number of carbonyl (C=O) groups is 1. The van der Waals surface area contributed by atoms with Crippen molar-refractivity contribution in [3.63, 3.8) is 0 Å². The highest BCUT2D eigenvalue weighted by molar-refractivity contribution is 8.13. The standard InChI is InChI=1S/C17H13ClN2O4S/c1-11-15(13-8-5-9-14(10-13)25(18,22)23)16(20-19-11)24-17(21)12-6-3-2-4-7-12/h2-10H,1H3,(H,19,20). The van der Waals surface area contributed by atoms with E-state index in [1.807, 2.05) is 0 Å². The molecule has 1 heterocycles. The lowest BCUT2D eigenvalue weighted by Crippen LogP contribution is -2.09. The number of aryl methyl sites for hydroxylation is 1. The van der Waals surface area contributed by atoms with E-state index < -0.39 is 15.0 Å². The van der Waals surface area contributed by atoms with Crippen LogP contribution in [-0.4, -0.2) is 24.6 Å². The molecule has 1 aromatic heterocycles. The van der Waals surface area contributed by atoms with E-state index in [1.54, 1.807) is 49.4 Å². The van der Waals surface area contributed by atoms with E-state index in [9.17, 15) is 13.2 Å². The van der Waals surface area contributed by atoms with Gasteiger partial charge < -0.3 is 4.74 Å². The molecule has 0 radical (unpaired) electrons. The average Bonchev–Trinajstić information content (AvgIpc) is 2.95. The molecule has 0 aliphatic heterocycles. The van der Waals surface area contributed by atoms with E-state index >= 15 is 0 Å². The monoisotopic (exact) mass is 376 g/mol. The van der Waals surface area contributed by atoms with Crippen molar-refractivity contribution in [2.75, 3.05) is 0 Å². The maximum atomic E-state index is 12.2. The van der Waals surface area contributed by atoms with Gasteiger partial charge in [-0.3, -0.25) is 5.10 Å². The molecule has 0 atom stereocenters. The van der Waals surface area contributed by atoms with Crippen LogP contribution in [-0.2, 0) is 9.05 Å². The number of benzene rings is 2. The second-order valence-electron chi connectivity index (χ2n) is 5.25. The fourth-order valence-electron chi connectivity index (χ4n) is 2.34. The summed E-state index contributed by atoms with van der Waals surface area (Å²) in [7, 11) is 1.53. The number of esters is 1. The Morgan fingerprint density at radius 2 is 1.84 bits per heavy atom. The van der Waals surface area contributed by atoms with Gasteiger partial charge in [0.2, 0.25) is 5.88 Å². The van der Waals surface area contributed by atoms with Crippen LogP contribution in [0.4, 0.5) is 0 Å². The van der Waals surface area contributed by atoms with Gasteiger partial charge in [0.25, 0.3) is 9.05 Å². The number of hydrogen-bond donors (Lipinski definition) is 1. The molecule has 0 saturated heterocycles. The second-order valence-corrected chi connectivity index (χ2v) is 7.82. The highest BCUT2D eigenvalue weighted by Gasteiger charge is 2.20. The van der Waals surface area contributed by atoms with Gasteiger partial charge in [-0.25, -0.2) is 13.2 Å². The third-order valence-corrected chi connectivity index (χ3v) is 4.87. The summed E-state index contributed by atoms with van der Waals surface area (Å²) in [5, 5.41) is 6.74. The molecule has 3 rings (SSSR count). The summed E-state index contributed by atoms with van der Waals surface area (Å²) in [5.41, 5.74) is 2.02. The van der Waals surface area contributed by atoms with Crippen molar-refractivity contribution in [1.82, 2.24) is 10.2 Å². The minimum Gasteiger partial charge on any atom is -0.402 e. The molecule has 0 aliphatic carbocycles. The van der Waals surface area contributed by atoms with E-state index in [-0.39, 0.29) is 10.8 Å². The smallest absolute Gasteiger partial charge is 0.344 e. The van der Waals surface area contributed by atoms with Gasteiger partial charge in [0.1, 0.15) is 0 Å². The highest BCUT2D eigenvalue weighted by atomic mass is 35.7. The van der Waals surface area contributed by atoms with Gasteiger partial charge in [0.05, 0.1) is 16.0 Å². The molecular weight excluding hydrogens is 364 g/mol. The van der Waals surface area contributed by atoms with E-state index in [0.29, 0.717) is 22.4 Å². The molecule has 0 bridgehead atoms. The van der Waals surface area contributed by atoms with Crippen LogP contribution in [0.25, 0.3) is 11.1 Å². The summed E-state index contributed by atoms with van der Waals surface area (Å²) in [6, 6.07) is 14.5. The summed E-state index contributed by atoms with van der Waals surface area (Å²) in [5.74, 6) is -0.495. The quantitative estimate of drug-likeness (QED) is 0.555. The van der Waals surface area contributed by atoms with Crippen molar-refractivity contribution in [2.45, 2.75) is 11.8 Å². The Hall–Kier alpha value is -2.64. The number of rotatable bonds is 4. The zero-order chi connectivity index (χ0) is 18.0. The SMILES string of the molecule is Cc1[nH]nc(OC(=O)c2ccccc2)c1-c1cccc(S(=O)(=O)Cl)c1. The Balaban J connectivity index is 1.99. The van der Waals surface area contributed by atoms with Gasteiger partial charge in [0, 0.05) is 16.4 Å². The highest BCUT2D eigenvalue weighted by Crippen LogP contribution is 2.33. The third-order valence-electron chi connectivity index (χ3n) is 3.52. The predicted molar refractivity (Wildman–Crippen MR) is 93.2 cm³/mol. The third kappa shape index (κ3) is 3.72. The number of ether oxygens (including phenoxy) is 1. The maximum absolute atomic E-state index is 12.2. The van der Waals surface area contributed by atoms with Crippen LogP contribution in [0.3, 0.4) is 0 Å². The lowest BCUT2D eigenvalue weighted by Gasteiger charge is -2.06. The summed E-state index contributed by atoms with van der Waals surface area (Å²) < 4.78 is 28.5. The minimum absolute atomic E-state index is 0.0485. The van der Waals surface area contributed by atoms with Gasteiger partial charge in [-0.15, -0.1) is 5.10 Å². The number of nitrogens with one attached hydrogen (secondary N) is 1. The van der Waals surface area contributed by atoms with Crippen LogP contribution in [0.15, 0.2) is 59.5 Å². The summed E-state index contributed by atoms with van der Waals surface area (Å²) in [6.45, 7) is 1.74. The van der Waals surface area contributed by atoms with Crippen LogP contribution in [0, 0.1) is 6.92 Å². The molecule has 3 aromatic rings. The summed E-state index contributed by atoms with van der Waals surface area (Å²) in [4.78, 5) is 12.2. The minimum atomic E-state index is -3.87. The van der Waals surface area contributed by atoms with Crippen molar-refractivity contribution < 1.29 is 17.9 Å². The number of aromatic amines is 1. The molecule has 0 amide bonds. The Labute approximate surface area is 148 Å². The molecule has 25 heavy (non-hydrogen) atoms. The van der Waals surface area contributed by atoms with Gasteiger partial charge in [0.15, 0.2) is 0 Å². The van der Waals surface area contributed by atoms with Crippen molar-refractivity contribution in [3.05, 3.63) is 65.9 Å². The number of aromatic nitrogens is 2. The molecule has 0 unspecified atom stereocenters. The fraction of sp³-hybridized carbons (Fsp3) is 0.0588. The number of carbonyl (C=O) groups excluding carboxylic acids is 1. The molecule has 8 heteroatoms. The number of H-pyrrole nitrogens is 1. The molecule has 0 fully saturated rings. The van der Waals surface area contributed by atoms with Crippen LogP contribution in [0.2, 0.25) is 0 Å². The molecule has 0 aliphatic rings. The van der Waals surface area contributed by atoms with E-state index in [0.717, 1.165) is 0 Å². The molecular formula is C17H13ClN2O4S. The molecule has 6 nitrogen and oxygen atoms in total. The number of hydrogen-bond acceptors (Lipinski definition) is 5. The molecule has 128 valence electrons. The van der Waals surface area contributed by atoms with Gasteiger partial charge in [-0.1, -0.05) is 30.3 Å². The van der Waals surface area contributed by atoms with E-state index in [4.69, 9.17) is 15.4 Å². The van der Waals surface area contributed by atoms with E-state index in [2.05, 4.69) is 10.2 Å². The Morgan fingerprint density at radius 1 is 1.12 bits per heavy atom. The summed E-state index contributed by atoms with van der Waals surface area (Å²) in [6.07, 6.45) is 0. The van der Waals surface area contributed by atoms with Crippen molar-refractivity contribution in [2.24, 2.45) is 0 Å². The molecule has 1 N–H and O–H groups in total. The van der Waals surface area contributed by atoms with Crippen LogP contribution in [0.5, 0.6) is 5.88 Å². The molecule has 0 spiro atoms. The molecule has 2 aromatic carbocycles. The lowest BCUT2D eigenvalue weighted by molar-refractivity contribution is 0.0728. The van der Waals surface area contributed by atoms with Crippen LogP contribution in [0.1, 0.15) is 16.1 Å². The fourth-order valence-corrected chi connectivity index (χ4v) is 3.14. The second kappa shape index (κ2) is 6.70. The maximum Gasteiger partial charge on any atom is 0.344 e. The largest absolute Gasteiger partial charge is 0.402 e. The van der Waals surface area contributed by atoms with Gasteiger partial charge >= 0.3 is 5.97 Å². The normalized spacial score (nSPS) is 11.3. The first-order valence-electron chi connectivity index (χ1n) is 7.23. The van der Waals surface area contributed by atoms with Crippen LogP contribution < -0.4 is 4.74 Å². The lowest BCUT2D eigenvalue weighted by atomic mass is 10.1. The topological polar surface area (TPSA) is 89.1 Å². The Bertz CT molecular complexity index is 1030. The Morgan fingerprint density at radius 3 is 2.52 bits per heavy atom. The zero-order valence-electron chi connectivity index (χ0n) is 13.1. The average molecular weight is 377 g/mol. The van der Waals surface area contributed by atoms with Gasteiger partial charge in [-0.2, -0.15) is 0 Å². The molecule has 0 saturated carbocycles. The van der Waals surface area contributed by atoms with Crippen LogP contribution >= 0.6 is 10.7 Å². The van der Waals surface area contributed by atoms with Crippen molar-refractivity contribution >= 4 is 25.7 Å².